The number of aromatic nitrogens is 2. The minimum absolute atomic E-state index is 0.205. The second-order valence-electron chi connectivity index (χ2n) is 5.40. The summed E-state index contributed by atoms with van der Waals surface area (Å²) >= 11 is 0. The van der Waals surface area contributed by atoms with E-state index in [-0.39, 0.29) is 11.9 Å². The number of fused-ring (bicyclic) bond motifs is 1. The van der Waals surface area contributed by atoms with Crippen LogP contribution in [0.5, 0.6) is 11.5 Å². The minimum atomic E-state index is -0.252. The summed E-state index contributed by atoms with van der Waals surface area (Å²) in [5.41, 5.74) is 2.31. The number of nitrogens with one attached hydrogen (secondary N) is 2. The van der Waals surface area contributed by atoms with Gasteiger partial charge in [0.2, 0.25) is 0 Å². The molecular formula is C18H19N3O3. The largest absolute Gasteiger partial charge is 0.493 e. The number of rotatable bonds is 5. The van der Waals surface area contributed by atoms with Crippen LogP contribution in [0.3, 0.4) is 0 Å². The Hall–Kier alpha value is -3.02. The summed E-state index contributed by atoms with van der Waals surface area (Å²) in [5.74, 6) is 1.61. The molecule has 2 aromatic carbocycles. The molecule has 0 unspecified atom stereocenters. The van der Waals surface area contributed by atoms with Crippen molar-refractivity contribution in [2.24, 2.45) is 0 Å². The van der Waals surface area contributed by atoms with E-state index in [9.17, 15) is 4.79 Å². The highest BCUT2D eigenvalue weighted by atomic mass is 16.5. The zero-order valence-electron chi connectivity index (χ0n) is 13.8. The van der Waals surface area contributed by atoms with Crippen molar-refractivity contribution in [3.8, 4) is 11.5 Å². The molecule has 0 aliphatic rings. The van der Waals surface area contributed by atoms with Gasteiger partial charge >= 0.3 is 0 Å². The predicted molar refractivity (Wildman–Crippen MR) is 91.5 cm³/mol. The van der Waals surface area contributed by atoms with Gasteiger partial charge in [0, 0.05) is 5.56 Å². The van der Waals surface area contributed by atoms with Gasteiger partial charge in [0.15, 0.2) is 11.5 Å². The summed E-state index contributed by atoms with van der Waals surface area (Å²) in [5, 5.41) is 2.93. The standard InChI is InChI=1S/C18H19N3O3/c1-11(17-20-13-6-4-5-7-14(13)21-17)19-18(22)12-8-9-15(23-2)16(10-12)24-3/h4-11H,1-3H3,(H,19,22)(H,20,21)/t11-/m0/s1. The van der Waals surface area contributed by atoms with Crippen LogP contribution in [0.4, 0.5) is 0 Å². The van der Waals surface area contributed by atoms with E-state index < -0.39 is 0 Å². The molecule has 0 aliphatic carbocycles. The predicted octanol–water partition coefficient (Wildman–Crippen LogP) is 3.07. The molecule has 0 aliphatic heterocycles. The van der Waals surface area contributed by atoms with Gasteiger partial charge in [-0.2, -0.15) is 0 Å². The smallest absolute Gasteiger partial charge is 0.251 e. The molecule has 24 heavy (non-hydrogen) atoms. The zero-order valence-corrected chi connectivity index (χ0v) is 13.8. The molecule has 0 spiro atoms. The van der Waals surface area contributed by atoms with Crippen molar-refractivity contribution in [1.29, 1.82) is 0 Å². The lowest BCUT2D eigenvalue weighted by Crippen LogP contribution is -2.27. The molecule has 1 atom stereocenters. The van der Waals surface area contributed by atoms with Crippen LogP contribution in [0.25, 0.3) is 11.0 Å². The molecule has 0 bridgehead atoms. The number of amides is 1. The Kier molecular flexibility index (Phi) is 4.37. The van der Waals surface area contributed by atoms with Crippen molar-refractivity contribution in [3.63, 3.8) is 0 Å². The molecule has 6 nitrogen and oxygen atoms in total. The third-order valence-electron chi connectivity index (χ3n) is 3.81. The maximum absolute atomic E-state index is 12.5. The van der Waals surface area contributed by atoms with E-state index in [1.165, 1.54) is 7.11 Å². The van der Waals surface area contributed by atoms with Gasteiger partial charge in [-0.05, 0) is 37.3 Å². The molecule has 3 rings (SSSR count). The second-order valence-corrected chi connectivity index (χ2v) is 5.40. The summed E-state index contributed by atoms with van der Waals surface area (Å²) in [6.45, 7) is 1.89. The minimum Gasteiger partial charge on any atom is -0.493 e. The maximum atomic E-state index is 12.5. The summed E-state index contributed by atoms with van der Waals surface area (Å²) in [7, 11) is 3.10. The molecule has 2 N–H and O–H groups in total. The highest BCUT2D eigenvalue weighted by Gasteiger charge is 2.16. The van der Waals surface area contributed by atoms with Crippen molar-refractivity contribution in [2.45, 2.75) is 13.0 Å². The first-order valence-corrected chi connectivity index (χ1v) is 7.60. The summed E-state index contributed by atoms with van der Waals surface area (Å²) in [6, 6.07) is 12.6. The molecule has 124 valence electrons. The van der Waals surface area contributed by atoms with E-state index in [2.05, 4.69) is 15.3 Å². The summed E-state index contributed by atoms with van der Waals surface area (Å²) in [4.78, 5) is 20.2. The molecular weight excluding hydrogens is 306 g/mol. The number of benzene rings is 2. The second kappa shape index (κ2) is 6.62. The van der Waals surface area contributed by atoms with Crippen LogP contribution < -0.4 is 14.8 Å². The maximum Gasteiger partial charge on any atom is 0.251 e. The fourth-order valence-corrected chi connectivity index (χ4v) is 2.50. The van der Waals surface area contributed by atoms with Crippen molar-refractivity contribution in [2.75, 3.05) is 14.2 Å². The van der Waals surface area contributed by atoms with Crippen LogP contribution in [0.1, 0.15) is 29.1 Å². The van der Waals surface area contributed by atoms with Crippen LogP contribution in [0.2, 0.25) is 0 Å². The van der Waals surface area contributed by atoms with Gasteiger partial charge in [-0.25, -0.2) is 4.98 Å². The first kappa shape index (κ1) is 15.9. The lowest BCUT2D eigenvalue weighted by atomic mass is 10.1. The van der Waals surface area contributed by atoms with Crippen molar-refractivity contribution < 1.29 is 14.3 Å². The van der Waals surface area contributed by atoms with E-state index >= 15 is 0 Å². The number of hydrogen-bond donors (Lipinski definition) is 2. The Morgan fingerprint density at radius 2 is 1.88 bits per heavy atom. The number of para-hydroxylation sites is 2. The van der Waals surface area contributed by atoms with Gasteiger partial charge < -0.3 is 19.8 Å². The topological polar surface area (TPSA) is 76.2 Å². The highest BCUT2D eigenvalue weighted by Crippen LogP contribution is 2.27. The van der Waals surface area contributed by atoms with Crippen molar-refractivity contribution >= 4 is 16.9 Å². The van der Waals surface area contributed by atoms with Gasteiger partial charge in [0.25, 0.3) is 5.91 Å². The number of carbonyl (C=O) groups excluding carboxylic acids is 1. The van der Waals surface area contributed by atoms with Crippen LogP contribution in [-0.4, -0.2) is 30.1 Å². The van der Waals surface area contributed by atoms with Gasteiger partial charge in [0.1, 0.15) is 5.82 Å². The average molecular weight is 325 g/mol. The molecule has 0 fully saturated rings. The summed E-state index contributed by atoms with van der Waals surface area (Å²) < 4.78 is 10.4. The molecule has 1 amide bonds. The number of aromatic amines is 1. The van der Waals surface area contributed by atoms with Gasteiger partial charge in [-0.1, -0.05) is 12.1 Å². The number of nitrogens with zero attached hydrogens (tertiary/aromatic N) is 1. The first-order valence-electron chi connectivity index (χ1n) is 7.60. The van der Waals surface area contributed by atoms with Crippen molar-refractivity contribution in [1.82, 2.24) is 15.3 Å². The Bertz CT molecular complexity index is 840. The van der Waals surface area contributed by atoms with Crippen molar-refractivity contribution in [3.05, 3.63) is 53.9 Å². The lowest BCUT2D eigenvalue weighted by molar-refractivity contribution is 0.0938. The van der Waals surface area contributed by atoms with Gasteiger partial charge in [-0.3, -0.25) is 4.79 Å². The Balaban J connectivity index is 1.78. The zero-order chi connectivity index (χ0) is 17.1. The Labute approximate surface area is 139 Å². The number of H-pyrrole nitrogens is 1. The number of methoxy groups -OCH3 is 2. The number of imidazole rings is 1. The number of carbonyl (C=O) groups is 1. The Morgan fingerprint density at radius 3 is 2.58 bits per heavy atom. The monoisotopic (exact) mass is 325 g/mol. The van der Waals surface area contributed by atoms with E-state index in [4.69, 9.17) is 9.47 Å². The van der Waals surface area contributed by atoms with Gasteiger partial charge in [-0.15, -0.1) is 0 Å². The fourth-order valence-electron chi connectivity index (χ4n) is 2.50. The number of hydrogen-bond acceptors (Lipinski definition) is 4. The fraction of sp³-hybridized carbons (Fsp3) is 0.222. The van der Waals surface area contributed by atoms with Crippen LogP contribution in [0, 0.1) is 0 Å². The molecule has 0 saturated carbocycles. The quantitative estimate of drug-likeness (QED) is 0.756. The van der Waals surface area contributed by atoms with E-state index in [0.29, 0.717) is 22.9 Å². The molecule has 1 aromatic heterocycles. The SMILES string of the molecule is COc1ccc(C(=O)N[C@@H](C)c2nc3ccccc3[nH]2)cc1OC. The molecule has 0 saturated heterocycles. The first-order chi connectivity index (χ1) is 11.6. The molecule has 6 heteroatoms. The van der Waals surface area contributed by atoms with Crippen LogP contribution >= 0.6 is 0 Å². The van der Waals surface area contributed by atoms with Gasteiger partial charge in [0.05, 0.1) is 31.3 Å². The average Bonchev–Trinajstić information content (AvgIpc) is 3.05. The van der Waals surface area contributed by atoms with E-state index in [1.54, 1.807) is 25.3 Å². The highest BCUT2D eigenvalue weighted by molar-refractivity contribution is 5.95. The van der Waals surface area contributed by atoms with E-state index in [0.717, 1.165) is 11.0 Å². The molecule has 0 radical (unpaired) electrons. The normalized spacial score (nSPS) is 12.0. The third kappa shape index (κ3) is 3.03. The van der Waals surface area contributed by atoms with Crippen LogP contribution in [0.15, 0.2) is 42.5 Å². The molecule has 1 heterocycles. The Morgan fingerprint density at radius 1 is 1.12 bits per heavy atom. The third-order valence-corrected chi connectivity index (χ3v) is 3.81. The molecule has 3 aromatic rings. The summed E-state index contributed by atoms with van der Waals surface area (Å²) in [6.07, 6.45) is 0. The number of ether oxygens (including phenoxy) is 2. The van der Waals surface area contributed by atoms with E-state index in [1.807, 2.05) is 31.2 Å². The lowest BCUT2D eigenvalue weighted by Gasteiger charge is -2.13. The van der Waals surface area contributed by atoms with Crippen LogP contribution in [-0.2, 0) is 0 Å².